The second-order valence-corrected chi connectivity index (χ2v) is 4.44. The molecule has 2 aromatic heterocycles. The summed E-state index contributed by atoms with van der Waals surface area (Å²) in [4.78, 5) is 7.69. The summed E-state index contributed by atoms with van der Waals surface area (Å²) in [7, 11) is 1.93. The van der Waals surface area contributed by atoms with E-state index in [-0.39, 0.29) is 0 Å². The van der Waals surface area contributed by atoms with Crippen molar-refractivity contribution in [3.63, 3.8) is 0 Å². The number of nitrogens with zero attached hydrogens (tertiary/aromatic N) is 3. The molecule has 0 radical (unpaired) electrons. The number of nitrogens with one attached hydrogen (secondary N) is 2. The maximum Gasteiger partial charge on any atom is 0.107 e. The molecule has 0 saturated heterocycles. The van der Waals surface area contributed by atoms with Crippen LogP contribution in [-0.2, 0) is 13.5 Å². The third kappa shape index (κ3) is 2.94. The Bertz CT molecular complexity index is 469. The lowest BCUT2D eigenvalue weighted by Crippen LogP contribution is -2.25. The number of aryl methyl sites for hydroxylation is 1. The van der Waals surface area contributed by atoms with Gasteiger partial charge >= 0.3 is 0 Å². The number of aromatic amines is 1. The van der Waals surface area contributed by atoms with E-state index in [4.69, 9.17) is 0 Å². The van der Waals surface area contributed by atoms with Crippen molar-refractivity contribution in [3.8, 4) is 11.4 Å². The van der Waals surface area contributed by atoms with Crippen LogP contribution in [0.2, 0.25) is 0 Å². The second-order valence-electron chi connectivity index (χ2n) is 4.44. The Morgan fingerprint density at radius 2 is 2.29 bits per heavy atom. The molecular weight excluding hydrogens is 214 g/mol. The summed E-state index contributed by atoms with van der Waals surface area (Å²) in [6.07, 6.45) is 4.56. The fourth-order valence-corrected chi connectivity index (χ4v) is 1.74. The van der Waals surface area contributed by atoms with Crippen LogP contribution in [0, 0.1) is 0 Å². The van der Waals surface area contributed by atoms with Gasteiger partial charge in [-0.15, -0.1) is 0 Å². The summed E-state index contributed by atoms with van der Waals surface area (Å²) >= 11 is 0. The molecule has 0 amide bonds. The zero-order valence-electron chi connectivity index (χ0n) is 10.6. The maximum absolute atomic E-state index is 4.37. The lowest BCUT2D eigenvalue weighted by Gasteiger charge is -2.05. The van der Waals surface area contributed by atoms with Crippen molar-refractivity contribution in [2.24, 2.45) is 7.05 Å². The molecule has 0 aliphatic heterocycles. The van der Waals surface area contributed by atoms with E-state index in [0.29, 0.717) is 6.04 Å². The highest BCUT2D eigenvalue weighted by atomic mass is 15.3. The Morgan fingerprint density at radius 1 is 1.47 bits per heavy atom. The standard InChI is InChI=1S/C12H19N5/c1-9(2)13-6-5-12-14-8-10(16-12)11-4-7-15-17(11)3/h4,7-9,13H,5-6H2,1-3H3,(H,14,16). The molecule has 5 nitrogen and oxygen atoms in total. The topological polar surface area (TPSA) is 58.5 Å². The summed E-state index contributed by atoms with van der Waals surface area (Å²) in [6.45, 7) is 5.22. The molecule has 0 saturated carbocycles. The zero-order valence-corrected chi connectivity index (χ0v) is 10.6. The summed E-state index contributed by atoms with van der Waals surface area (Å²) < 4.78 is 1.84. The minimum absolute atomic E-state index is 0.515. The van der Waals surface area contributed by atoms with Gasteiger partial charge in [0.25, 0.3) is 0 Å². The Morgan fingerprint density at radius 3 is 2.94 bits per heavy atom. The number of imidazole rings is 1. The molecule has 2 aromatic rings. The fourth-order valence-electron chi connectivity index (χ4n) is 1.74. The largest absolute Gasteiger partial charge is 0.341 e. The van der Waals surface area contributed by atoms with Crippen LogP contribution in [0.1, 0.15) is 19.7 Å². The molecule has 0 aromatic carbocycles. The van der Waals surface area contributed by atoms with Gasteiger partial charge in [-0.3, -0.25) is 4.68 Å². The van der Waals surface area contributed by atoms with E-state index in [9.17, 15) is 0 Å². The normalized spacial score (nSPS) is 11.3. The smallest absolute Gasteiger partial charge is 0.107 e. The van der Waals surface area contributed by atoms with Gasteiger partial charge in [0.2, 0.25) is 0 Å². The maximum atomic E-state index is 4.37. The van der Waals surface area contributed by atoms with Gasteiger partial charge in [-0.05, 0) is 6.07 Å². The molecule has 0 bridgehead atoms. The number of hydrogen-bond acceptors (Lipinski definition) is 3. The van der Waals surface area contributed by atoms with Crippen molar-refractivity contribution in [3.05, 3.63) is 24.3 Å². The Kier molecular flexibility index (Phi) is 3.58. The Balaban J connectivity index is 1.99. The molecule has 0 atom stereocenters. The van der Waals surface area contributed by atoms with Crippen LogP contribution in [0.5, 0.6) is 0 Å². The quantitative estimate of drug-likeness (QED) is 0.819. The number of aromatic nitrogens is 4. The van der Waals surface area contributed by atoms with Crippen molar-refractivity contribution in [1.29, 1.82) is 0 Å². The van der Waals surface area contributed by atoms with Crippen molar-refractivity contribution >= 4 is 0 Å². The SMILES string of the molecule is CC(C)NCCc1ncc(-c2ccnn2C)[nH]1. The van der Waals surface area contributed by atoms with Crippen molar-refractivity contribution < 1.29 is 0 Å². The average molecular weight is 233 g/mol. The van der Waals surface area contributed by atoms with Crippen LogP contribution in [0.3, 0.4) is 0 Å². The highest BCUT2D eigenvalue weighted by Crippen LogP contribution is 2.15. The molecule has 2 N–H and O–H groups in total. The molecule has 5 heteroatoms. The van der Waals surface area contributed by atoms with Crippen LogP contribution >= 0.6 is 0 Å². The van der Waals surface area contributed by atoms with Crippen LogP contribution in [-0.4, -0.2) is 32.3 Å². The summed E-state index contributed by atoms with van der Waals surface area (Å²) in [5.74, 6) is 1.01. The number of rotatable bonds is 5. The van der Waals surface area contributed by atoms with Crippen molar-refractivity contribution in [2.45, 2.75) is 26.3 Å². The predicted molar refractivity (Wildman–Crippen MR) is 67.6 cm³/mol. The van der Waals surface area contributed by atoms with Gasteiger partial charge in [-0.25, -0.2) is 4.98 Å². The van der Waals surface area contributed by atoms with Gasteiger partial charge < -0.3 is 10.3 Å². The van der Waals surface area contributed by atoms with Crippen LogP contribution in [0.4, 0.5) is 0 Å². The second kappa shape index (κ2) is 5.14. The highest BCUT2D eigenvalue weighted by Gasteiger charge is 2.06. The molecule has 0 unspecified atom stereocenters. The highest BCUT2D eigenvalue weighted by molar-refractivity contribution is 5.52. The Labute approximate surface area is 101 Å². The minimum Gasteiger partial charge on any atom is -0.341 e. The molecule has 0 spiro atoms. The van der Waals surface area contributed by atoms with E-state index in [2.05, 4.69) is 34.2 Å². The van der Waals surface area contributed by atoms with Crippen LogP contribution in [0.25, 0.3) is 11.4 Å². The van der Waals surface area contributed by atoms with Gasteiger partial charge in [0, 0.05) is 32.3 Å². The van der Waals surface area contributed by atoms with E-state index in [1.54, 1.807) is 6.20 Å². The average Bonchev–Trinajstić information content (AvgIpc) is 2.86. The molecule has 2 heterocycles. The molecule has 0 aliphatic rings. The number of H-pyrrole nitrogens is 1. The Hall–Kier alpha value is -1.62. The molecule has 17 heavy (non-hydrogen) atoms. The van der Waals surface area contributed by atoms with Crippen molar-refractivity contribution in [1.82, 2.24) is 25.1 Å². The van der Waals surface area contributed by atoms with E-state index < -0.39 is 0 Å². The van der Waals surface area contributed by atoms with E-state index in [1.807, 2.05) is 24.0 Å². The monoisotopic (exact) mass is 233 g/mol. The van der Waals surface area contributed by atoms with Gasteiger partial charge in [-0.1, -0.05) is 13.8 Å². The first kappa shape index (κ1) is 11.9. The zero-order chi connectivity index (χ0) is 12.3. The molecule has 2 rings (SSSR count). The molecule has 0 fully saturated rings. The van der Waals surface area contributed by atoms with E-state index in [0.717, 1.165) is 30.2 Å². The van der Waals surface area contributed by atoms with Gasteiger partial charge in [-0.2, -0.15) is 5.10 Å². The summed E-state index contributed by atoms with van der Waals surface area (Å²) in [5.41, 5.74) is 2.07. The fraction of sp³-hybridized carbons (Fsp3) is 0.500. The predicted octanol–water partition coefficient (Wildman–Crippen LogP) is 1.35. The van der Waals surface area contributed by atoms with Crippen LogP contribution < -0.4 is 5.32 Å². The lowest BCUT2D eigenvalue weighted by molar-refractivity contribution is 0.584. The first-order valence-corrected chi connectivity index (χ1v) is 5.92. The first-order valence-electron chi connectivity index (χ1n) is 5.92. The number of hydrogen-bond donors (Lipinski definition) is 2. The molecular formula is C12H19N5. The van der Waals surface area contributed by atoms with Crippen molar-refractivity contribution in [2.75, 3.05) is 6.54 Å². The summed E-state index contributed by atoms with van der Waals surface area (Å²) in [6, 6.07) is 2.49. The molecule has 92 valence electrons. The van der Waals surface area contributed by atoms with Gasteiger partial charge in [0.15, 0.2) is 0 Å². The lowest BCUT2D eigenvalue weighted by atomic mass is 10.3. The van der Waals surface area contributed by atoms with E-state index in [1.165, 1.54) is 0 Å². The van der Waals surface area contributed by atoms with Gasteiger partial charge in [0.05, 0.1) is 17.6 Å². The summed E-state index contributed by atoms with van der Waals surface area (Å²) in [5, 5.41) is 7.52. The first-order chi connectivity index (χ1) is 8.16. The van der Waals surface area contributed by atoms with E-state index >= 15 is 0 Å². The minimum atomic E-state index is 0.515. The third-order valence-corrected chi connectivity index (χ3v) is 2.64. The van der Waals surface area contributed by atoms with Gasteiger partial charge in [0.1, 0.15) is 5.82 Å². The molecule has 0 aliphatic carbocycles. The third-order valence-electron chi connectivity index (χ3n) is 2.64. The van der Waals surface area contributed by atoms with Crippen LogP contribution in [0.15, 0.2) is 18.5 Å².